The van der Waals surface area contributed by atoms with E-state index in [-0.39, 0.29) is 0 Å². The fourth-order valence-corrected chi connectivity index (χ4v) is 1.16. The second-order valence-electron chi connectivity index (χ2n) is 3.24. The average Bonchev–Trinajstić information content (AvgIpc) is 2.35. The number of hydrogen-bond donors (Lipinski definition) is 1. The van der Waals surface area contributed by atoms with Crippen molar-refractivity contribution in [2.45, 2.75) is 6.92 Å². The molecule has 94 valence electrons. The van der Waals surface area contributed by atoms with E-state index >= 15 is 0 Å². The highest BCUT2D eigenvalue weighted by Gasteiger charge is 1.96. The Labute approximate surface area is 104 Å². The van der Waals surface area contributed by atoms with Gasteiger partial charge in [0.15, 0.2) is 0 Å². The lowest BCUT2D eigenvalue weighted by molar-refractivity contribution is -0.137. The summed E-state index contributed by atoms with van der Waals surface area (Å²) in [6.45, 7) is 2.04. The summed E-state index contributed by atoms with van der Waals surface area (Å²) in [5, 5.41) is 8.49. The molecule has 5 nitrogen and oxygen atoms in total. The maximum Gasteiger partial charge on any atom is 0.330 e. The van der Waals surface area contributed by atoms with E-state index < -0.39 is 11.9 Å². The number of carbonyl (C=O) groups is 2. The van der Waals surface area contributed by atoms with E-state index in [0.717, 1.165) is 6.08 Å². The van der Waals surface area contributed by atoms with Gasteiger partial charge in [0, 0.05) is 12.2 Å². The summed E-state index contributed by atoms with van der Waals surface area (Å²) in [5.74, 6) is -1.48. The smallest absolute Gasteiger partial charge is 0.330 e. The first-order chi connectivity index (χ1) is 8.61. The Hall–Kier alpha value is -2.43. The van der Waals surface area contributed by atoms with Gasteiger partial charge >= 0.3 is 11.9 Å². The molecule has 1 heterocycles. The van der Waals surface area contributed by atoms with Gasteiger partial charge in [0.05, 0.1) is 18.0 Å². The van der Waals surface area contributed by atoms with E-state index in [1.165, 1.54) is 18.2 Å². The van der Waals surface area contributed by atoms with Crippen molar-refractivity contribution in [1.29, 1.82) is 0 Å². The minimum absolute atomic E-state index is 0.317. The van der Waals surface area contributed by atoms with Crippen molar-refractivity contribution in [3.63, 3.8) is 0 Å². The number of esters is 1. The van der Waals surface area contributed by atoms with Crippen molar-refractivity contribution in [3.8, 4) is 0 Å². The van der Waals surface area contributed by atoms with E-state index in [9.17, 15) is 9.59 Å². The SMILES string of the molecule is CCOC(=O)C=Cc1cccc(C=CC(=O)O)n1. The molecule has 0 fully saturated rings. The van der Waals surface area contributed by atoms with Gasteiger partial charge in [0.2, 0.25) is 0 Å². The van der Waals surface area contributed by atoms with Crippen molar-refractivity contribution < 1.29 is 19.4 Å². The molecule has 0 aliphatic rings. The van der Waals surface area contributed by atoms with Crippen LogP contribution in [0.4, 0.5) is 0 Å². The Morgan fingerprint density at radius 3 is 2.44 bits per heavy atom. The van der Waals surface area contributed by atoms with Crippen molar-refractivity contribution in [3.05, 3.63) is 41.7 Å². The van der Waals surface area contributed by atoms with Crippen LogP contribution in [0.2, 0.25) is 0 Å². The molecular formula is C13H13NO4. The first-order valence-corrected chi connectivity index (χ1v) is 5.34. The summed E-state index contributed by atoms with van der Waals surface area (Å²) < 4.78 is 4.73. The summed E-state index contributed by atoms with van der Waals surface area (Å²) in [7, 11) is 0. The molecule has 0 saturated carbocycles. The fraction of sp³-hybridized carbons (Fsp3) is 0.154. The van der Waals surface area contributed by atoms with Crippen molar-refractivity contribution in [1.82, 2.24) is 4.98 Å². The van der Waals surface area contributed by atoms with Crippen LogP contribution in [-0.2, 0) is 14.3 Å². The molecule has 1 aromatic heterocycles. The van der Waals surface area contributed by atoms with Gasteiger partial charge in [-0.2, -0.15) is 0 Å². The maximum absolute atomic E-state index is 11.1. The summed E-state index contributed by atoms with van der Waals surface area (Å²) in [6.07, 6.45) is 5.16. The van der Waals surface area contributed by atoms with E-state index in [1.54, 1.807) is 25.1 Å². The summed E-state index contributed by atoms with van der Waals surface area (Å²) in [4.78, 5) is 25.6. The number of nitrogens with zero attached hydrogens (tertiary/aromatic N) is 1. The molecule has 0 bridgehead atoms. The van der Waals surface area contributed by atoms with Crippen LogP contribution in [0.3, 0.4) is 0 Å². The van der Waals surface area contributed by atoms with Crippen LogP contribution in [0.5, 0.6) is 0 Å². The number of carboxylic acids is 1. The molecule has 18 heavy (non-hydrogen) atoms. The van der Waals surface area contributed by atoms with Crippen LogP contribution in [0, 0.1) is 0 Å². The Balaban J connectivity index is 2.76. The van der Waals surface area contributed by atoms with Gasteiger partial charge in [0.1, 0.15) is 0 Å². The minimum Gasteiger partial charge on any atom is -0.478 e. The Bertz CT molecular complexity index is 492. The molecule has 1 N–H and O–H groups in total. The predicted octanol–water partition coefficient (Wildman–Crippen LogP) is 1.76. The van der Waals surface area contributed by atoms with Gasteiger partial charge in [-0.25, -0.2) is 14.6 Å². The third-order valence-corrected chi connectivity index (χ3v) is 1.87. The van der Waals surface area contributed by atoms with Crippen LogP contribution in [0.15, 0.2) is 30.4 Å². The number of pyridine rings is 1. The number of ether oxygens (including phenoxy) is 1. The molecule has 0 atom stereocenters. The molecule has 1 rings (SSSR count). The zero-order valence-corrected chi connectivity index (χ0v) is 9.87. The maximum atomic E-state index is 11.1. The minimum atomic E-state index is -1.04. The summed E-state index contributed by atoms with van der Waals surface area (Å²) >= 11 is 0. The molecule has 0 aromatic carbocycles. The second-order valence-corrected chi connectivity index (χ2v) is 3.24. The summed E-state index contributed by atoms with van der Waals surface area (Å²) in [5.41, 5.74) is 1.05. The number of aromatic nitrogens is 1. The largest absolute Gasteiger partial charge is 0.478 e. The molecule has 0 aliphatic carbocycles. The van der Waals surface area contributed by atoms with Gasteiger partial charge in [-0.05, 0) is 31.2 Å². The molecule has 0 unspecified atom stereocenters. The number of carbonyl (C=O) groups excluding carboxylic acids is 1. The molecule has 1 aromatic rings. The van der Waals surface area contributed by atoms with Crippen molar-refractivity contribution in [2.24, 2.45) is 0 Å². The van der Waals surface area contributed by atoms with Crippen molar-refractivity contribution in [2.75, 3.05) is 6.61 Å². The van der Waals surface area contributed by atoms with Crippen LogP contribution in [0.25, 0.3) is 12.2 Å². The van der Waals surface area contributed by atoms with Crippen LogP contribution in [-0.4, -0.2) is 28.6 Å². The molecule has 5 heteroatoms. The van der Waals surface area contributed by atoms with Gasteiger partial charge in [-0.15, -0.1) is 0 Å². The highest BCUT2D eigenvalue weighted by atomic mass is 16.5. The third kappa shape index (κ3) is 5.07. The fourth-order valence-electron chi connectivity index (χ4n) is 1.16. The molecule has 0 aliphatic heterocycles. The Kier molecular flexibility index (Phi) is 5.31. The van der Waals surface area contributed by atoms with Crippen LogP contribution < -0.4 is 0 Å². The number of carboxylic acid groups (broad SMARTS) is 1. The van der Waals surface area contributed by atoms with Crippen molar-refractivity contribution >= 4 is 24.1 Å². The monoisotopic (exact) mass is 247 g/mol. The predicted molar refractivity (Wildman–Crippen MR) is 66.6 cm³/mol. The molecular weight excluding hydrogens is 234 g/mol. The topological polar surface area (TPSA) is 76.5 Å². The highest BCUT2D eigenvalue weighted by molar-refractivity contribution is 5.87. The number of aliphatic carboxylic acids is 1. The standard InChI is InChI=1S/C13H13NO4/c1-2-18-13(17)9-7-11-5-3-4-10(14-11)6-8-12(15)16/h3-9H,2H2,1H3,(H,15,16). The van der Waals surface area contributed by atoms with E-state index in [2.05, 4.69) is 4.98 Å². The normalized spacial score (nSPS) is 10.9. The van der Waals surface area contributed by atoms with Gasteiger partial charge in [0.25, 0.3) is 0 Å². The molecule has 0 spiro atoms. The lowest BCUT2D eigenvalue weighted by Gasteiger charge is -1.97. The van der Waals surface area contributed by atoms with E-state index in [0.29, 0.717) is 18.0 Å². The number of hydrogen-bond acceptors (Lipinski definition) is 4. The van der Waals surface area contributed by atoms with Crippen LogP contribution >= 0.6 is 0 Å². The Morgan fingerprint density at radius 2 is 1.89 bits per heavy atom. The quantitative estimate of drug-likeness (QED) is 0.633. The zero-order valence-electron chi connectivity index (χ0n) is 9.87. The van der Waals surface area contributed by atoms with Gasteiger partial charge in [-0.3, -0.25) is 0 Å². The highest BCUT2D eigenvalue weighted by Crippen LogP contribution is 2.03. The lowest BCUT2D eigenvalue weighted by Crippen LogP contribution is -1.98. The zero-order chi connectivity index (χ0) is 13.4. The van der Waals surface area contributed by atoms with Gasteiger partial charge < -0.3 is 9.84 Å². The van der Waals surface area contributed by atoms with Crippen LogP contribution in [0.1, 0.15) is 18.3 Å². The van der Waals surface area contributed by atoms with E-state index in [4.69, 9.17) is 9.84 Å². The summed E-state index contributed by atoms with van der Waals surface area (Å²) in [6, 6.07) is 5.09. The van der Waals surface area contributed by atoms with Gasteiger partial charge in [-0.1, -0.05) is 6.07 Å². The molecule has 0 radical (unpaired) electrons. The molecule has 0 amide bonds. The molecule has 0 saturated heterocycles. The first kappa shape index (κ1) is 13.6. The lowest BCUT2D eigenvalue weighted by atomic mass is 10.2. The Morgan fingerprint density at radius 1 is 1.28 bits per heavy atom. The first-order valence-electron chi connectivity index (χ1n) is 5.34. The average molecular weight is 247 g/mol. The second kappa shape index (κ2) is 7.01. The number of rotatable bonds is 5. The van der Waals surface area contributed by atoms with E-state index in [1.807, 2.05) is 0 Å². The third-order valence-electron chi connectivity index (χ3n) is 1.87.